The molecule has 2 amide bonds. The molecule has 5 nitrogen and oxygen atoms in total. The number of carbonyl (C=O) groups excluding carboxylic acids is 2. The first kappa shape index (κ1) is 26.3. The number of benzene rings is 2. The zero-order chi connectivity index (χ0) is 27.1. The molecule has 0 saturated carbocycles. The Kier molecular flexibility index (Phi) is 6.83. The molecular weight excluding hydrogens is 502 g/mol. The Balaban J connectivity index is 1.93. The van der Waals surface area contributed by atoms with E-state index in [9.17, 15) is 35.9 Å². The Hall–Kier alpha value is -3.76. The molecule has 1 aromatic heterocycles. The lowest BCUT2D eigenvalue weighted by Gasteiger charge is -2.44. The van der Waals surface area contributed by atoms with E-state index in [1.54, 1.807) is 38.1 Å². The first-order valence-corrected chi connectivity index (χ1v) is 11.3. The fourth-order valence-electron chi connectivity index (χ4n) is 4.60. The molecule has 11 heteroatoms. The van der Waals surface area contributed by atoms with Crippen molar-refractivity contribution in [3.05, 3.63) is 94.4 Å². The van der Waals surface area contributed by atoms with Crippen LogP contribution in [-0.4, -0.2) is 22.8 Å². The van der Waals surface area contributed by atoms with Gasteiger partial charge < -0.3 is 14.6 Å². The second-order valence-electron chi connectivity index (χ2n) is 8.95. The first-order chi connectivity index (χ1) is 17.3. The highest BCUT2D eigenvalue weighted by Crippen LogP contribution is 2.46. The number of alkyl halides is 6. The molecule has 2 unspecified atom stereocenters. The molecule has 0 radical (unpaired) electrons. The van der Waals surface area contributed by atoms with E-state index in [0.717, 1.165) is 4.90 Å². The standard InChI is InChI=1S/C26H22F6N2O3/c1-14(2)34-22(15-10-16(25(27,28)29)12-17(11-15)26(30,31)32)21(19-7-3-4-8-20(19)24(34)36)23(35)33-13-18-6-5-9-37-18/h3-12,14,21-22H,13H2,1-2H3,(H,33,35). The van der Waals surface area contributed by atoms with Gasteiger partial charge in [-0.05, 0) is 61.4 Å². The second-order valence-corrected chi connectivity index (χ2v) is 8.95. The quantitative estimate of drug-likeness (QED) is 0.397. The maximum absolute atomic E-state index is 13.7. The van der Waals surface area contributed by atoms with Crippen LogP contribution >= 0.6 is 0 Å². The Morgan fingerprint density at radius 1 is 0.973 bits per heavy atom. The summed E-state index contributed by atoms with van der Waals surface area (Å²) in [5, 5.41) is 2.64. The Bertz CT molecular complexity index is 1270. The molecule has 2 aromatic carbocycles. The molecule has 0 fully saturated rings. The van der Waals surface area contributed by atoms with E-state index in [4.69, 9.17) is 4.42 Å². The Morgan fingerprint density at radius 2 is 1.59 bits per heavy atom. The van der Waals surface area contributed by atoms with Crippen LogP contribution in [0.15, 0.2) is 65.3 Å². The van der Waals surface area contributed by atoms with Gasteiger partial charge in [0.25, 0.3) is 5.91 Å². The molecule has 0 bridgehead atoms. The van der Waals surface area contributed by atoms with E-state index in [2.05, 4.69) is 5.32 Å². The summed E-state index contributed by atoms with van der Waals surface area (Å²) in [6.45, 7) is 3.09. The van der Waals surface area contributed by atoms with Gasteiger partial charge in [0.15, 0.2) is 0 Å². The number of amides is 2. The van der Waals surface area contributed by atoms with Crippen molar-refractivity contribution in [3.8, 4) is 0 Å². The van der Waals surface area contributed by atoms with Crippen molar-refractivity contribution in [1.29, 1.82) is 0 Å². The van der Waals surface area contributed by atoms with Crippen LogP contribution in [0, 0.1) is 0 Å². The van der Waals surface area contributed by atoms with Gasteiger partial charge in [-0.1, -0.05) is 18.2 Å². The van der Waals surface area contributed by atoms with Crippen molar-refractivity contribution in [2.45, 2.75) is 50.7 Å². The molecule has 1 aliphatic rings. The van der Waals surface area contributed by atoms with Crippen molar-refractivity contribution < 1.29 is 40.3 Å². The molecule has 2 atom stereocenters. The lowest BCUT2D eigenvalue weighted by atomic mass is 9.78. The second kappa shape index (κ2) is 9.60. The number of halogens is 6. The zero-order valence-corrected chi connectivity index (χ0v) is 19.7. The third kappa shape index (κ3) is 5.21. The normalized spacial score (nSPS) is 18.2. The van der Waals surface area contributed by atoms with Crippen LogP contribution in [-0.2, 0) is 23.7 Å². The number of carbonyl (C=O) groups is 2. The van der Waals surface area contributed by atoms with E-state index in [0.29, 0.717) is 17.9 Å². The van der Waals surface area contributed by atoms with Crippen molar-refractivity contribution in [2.24, 2.45) is 0 Å². The van der Waals surface area contributed by atoms with E-state index >= 15 is 0 Å². The summed E-state index contributed by atoms with van der Waals surface area (Å²) in [5.74, 6) is -2.19. The van der Waals surface area contributed by atoms with Crippen molar-refractivity contribution in [1.82, 2.24) is 10.2 Å². The van der Waals surface area contributed by atoms with Crippen LogP contribution in [0.4, 0.5) is 26.3 Å². The van der Waals surface area contributed by atoms with E-state index in [-0.39, 0.29) is 23.7 Å². The minimum atomic E-state index is -5.09. The summed E-state index contributed by atoms with van der Waals surface area (Å²) in [5.41, 5.74) is -3.15. The van der Waals surface area contributed by atoms with Gasteiger partial charge in [0.05, 0.1) is 35.9 Å². The van der Waals surface area contributed by atoms with Crippen molar-refractivity contribution in [2.75, 3.05) is 0 Å². The summed E-state index contributed by atoms with van der Waals surface area (Å²) in [6, 6.07) is 8.34. The first-order valence-electron chi connectivity index (χ1n) is 11.3. The Labute approximate surface area is 208 Å². The number of hydrogen-bond acceptors (Lipinski definition) is 3. The minimum Gasteiger partial charge on any atom is -0.467 e. The van der Waals surface area contributed by atoms with Crippen LogP contribution in [0.25, 0.3) is 0 Å². The van der Waals surface area contributed by atoms with Gasteiger partial charge in [-0.3, -0.25) is 9.59 Å². The van der Waals surface area contributed by atoms with Gasteiger partial charge in [-0.25, -0.2) is 0 Å². The fraction of sp³-hybridized carbons (Fsp3) is 0.308. The highest BCUT2D eigenvalue weighted by molar-refractivity contribution is 6.01. The zero-order valence-electron chi connectivity index (χ0n) is 19.7. The summed E-state index contributed by atoms with van der Waals surface area (Å²) >= 11 is 0. The van der Waals surface area contributed by atoms with Gasteiger partial charge in [0.2, 0.25) is 5.91 Å². The van der Waals surface area contributed by atoms with Crippen molar-refractivity contribution >= 4 is 11.8 Å². The molecule has 4 rings (SSSR count). The summed E-state index contributed by atoms with van der Waals surface area (Å²) in [6.07, 6.45) is -8.79. The average Bonchev–Trinajstić information content (AvgIpc) is 3.34. The predicted octanol–water partition coefficient (Wildman–Crippen LogP) is 6.32. The third-order valence-electron chi connectivity index (χ3n) is 6.18. The van der Waals surface area contributed by atoms with Gasteiger partial charge in [-0.15, -0.1) is 0 Å². The molecule has 2 heterocycles. The van der Waals surface area contributed by atoms with Gasteiger partial charge in [0, 0.05) is 11.6 Å². The van der Waals surface area contributed by atoms with Gasteiger partial charge in [-0.2, -0.15) is 26.3 Å². The number of nitrogens with one attached hydrogen (secondary N) is 1. The SMILES string of the molecule is CC(C)N1C(=O)c2ccccc2C(C(=O)NCc2ccco2)C1c1cc(C(F)(F)F)cc(C(F)(F)F)c1. The maximum atomic E-state index is 13.7. The van der Waals surface area contributed by atoms with Crippen LogP contribution < -0.4 is 5.32 Å². The van der Waals surface area contributed by atoms with E-state index in [1.807, 2.05) is 0 Å². The molecule has 0 spiro atoms. The molecule has 3 aromatic rings. The molecule has 0 aliphatic carbocycles. The molecule has 1 N–H and O–H groups in total. The molecule has 37 heavy (non-hydrogen) atoms. The van der Waals surface area contributed by atoms with Crippen molar-refractivity contribution in [3.63, 3.8) is 0 Å². The monoisotopic (exact) mass is 524 g/mol. The Morgan fingerprint density at radius 3 is 2.14 bits per heavy atom. The molecule has 196 valence electrons. The topological polar surface area (TPSA) is 62.6 Å². The fourth-order valence-corrected chi connectivity index (χ4v) is 4.60. The molecule has 0 saturated heterocycles. The highest BCUT2D eigenvalue weighted by atomic mass is 19.4. The minimum absolute atomic E-state index is 0.0216. The highest BCUT2D eigenvalue weighted by Gasteiger charge is 2.47. The number of furan rings is 1. The maximum Gasteiger partial charge on any atom is 0.416 e. The van der Waals surface area contributed by atoms with Crippen LogP contribution in [0.5, 0.6) is 0 Å². The largest absolute Gasteiger partial charge is 0.467 e. The lowest BCUT2D eigenvalue weighted by molar-refractivity contribution is -0.143. The summed E-state index contributed by atoms with van der Waals surface area (Å²) in [7, 11) is 0. The summed E-state index contributed by atoms with van der Waals surface area (Å²) < 4.78 is 87.2. The smallest absolute Gasteiger partial charge is 0.416 e. The average molecular weight is 524 g/mol. The third-order valence-corrected chi connectivity index (χ3v) is 6.18. The van der Waals surface area contributed by atoms with Crippen LogP contribution in [0.3, 0.4) is 0 Å². The molecule has 1 aliphatic heterocycles. The predicted molar refractivity (Wildman–Crippen MR) is 120 cm³/mol. The number of nitrogens with zero attached hydrogens (tertiary/aromatic N) is 1. The van der Waals surface area contributed by atoms with Gasteiger partial charge >= 0.3 is 12.4 Å². The van der Waals surface area contributed by atoms with E-state index in [1.165, 1.54) is 18.4 Å². The van der Waals surface area contributed by atoms with Crippen LogP contribution in [0.1, 0.15) is 64.2 Å². The lowest BCUT2D eigenvalue weighted by Crippen LogP contribution is -2.50. The number of rotatable bonds is 5. The van der Waals surface area contributed by atoms with Gasteiger partial charge in [0.1, 0.15) is 5.76 Å². The summed E-state index contributed by atoms with van der Waals surface area (Å²) in [4.78, 5) is 28.2. The van der Waals surface area contributed by atoms with Crippen LogP contribution in [0.2, 0.25) is 0 Å². The number of hydrogen-bond donors (Lipinski definition) is 1. The van der Waals surface area contributed by atoms with E-state index < -0.39 is 58.9 Å². The number of fused-ring (bicyclic) bond motifs is 1. The molecular formula is C26H22F6N2O3.